The number of hydrogen-bond acceptors (Lipinski definition) is 6. The largest absolute Gasteiger partial charge is 0.464 e. The molecule has 0 spiro atoms. The van der Waals surface area contributed by atoms with Crippen molar-refractivity contribution in [2.45, 2.75) is 13.5 Å². The molecule has 2 heterocycles. The lowest BCUT2D eigenvalue weighted by Crippen LogP contribution is -2.04. The van der Waals surface area contributed by atoms with Crippen LogP contribution in [0.25, 0.3) is 0 Å². The van der Waals surface area contributed by atoms with Crippen LogP contribution in [0.1, 0.15) is 20.2 Å². The number of ether oxygens (including phenoxy) is 1. The van der Waals surface area contributed by atoms with Crippen LogP contribution in [-0.4, -0.2) is 18.1 Å². The number of thiazole rings is 1. The number of thiophene rings is 1. The van der Waals surface area contributed by atoms with Crippen LogP contribution in [0.3, 0.4) is 0 Å². The molecule has 2 rings (SSSR count). The van der Waals surface area contributed by atoms with Crippen LogP contribution < -0.4 is 5.32 Å². The molecule has 0 atom stereocenters. The minimum absolute atomic E-state index is 0.386. The molecule has 0 unspecified atom stereocenters. The molecule has 0 saturated heterocycles. The number of aryl methyl sites for hydroxylation is 1. The second kappa shape index (κ2) is 5.81. The first-order valence-corrected chi connectivity index (χ1v) is 7.56. The molecule has 4 nitrogen and oxygen atoms in total. The number of rotatable bonds is 4. The number of methoxy groups -OCH3 is 1. The highest BCUT2D eigenvalue weighted by Gasteiger charge is 2.15. The predicted molar refractivity (Wildman–Crippen MR) is 77.5 cm³/mol. The van der Waals surface area contributed by atoms with Gasteiger partial charge in [-0.1, -0.05) is 0 Å². The topological polar surface area (TPSA) is 51.2 Å². The summed E-state index contributed by atoms with van der Waals surface area (Å²) in [6.45, 7) is 2.56. The molecule has 0 aliphatic rings. The Hall–Kier alpha value is -0.920. The van der Waals surface area contributed by atoms with E-state index in [1.807, 2.05) is 19.1 Å². The number of esters is 1. The van der Waals surface area contributed by atoms with Crippen molar-refractivity contribution in [3.05, 3.63) is 31.4 Å². The van der Waals surface area contributed by atoms with Crippen LogP contribution in [0.4, 0.5) is 5.13 Å². The molecule has 7 heteroatoms. The fourth-order valence-corrected chi connectivity index (χ4v) is 3.59. The summed E-state index contributed by atoms with van der Waals surface area (Å²) in [5.74, 6) is -0.393. The average Bonchev–Trinajstić information content (AvgIpc) is 2.92. The Morgan fingerprint density at radius 2 is 2.28 bits per heavy atom. The first-order chi connectivity index (χ1) is 8.60. The van der Waals surface area contributed by atoms with Gasteiger partial charge in [0.1, 0.15) is 0 Å². The maximum absolute atomic E-state index is 11.4. The molecule has 0 aromatic carbocycles. The molecule has 1 N–H and O–H groups in total. The first-order valence-electron chi connectivity index (χ1n) is 5.14. The second-order valence-electron chi connectivity index (χ2n) is 3.47. The lowest BCUT2D eigenvalue weighted by atomic mass is 10.4. The molecular formula is C11H11BrN2O2S2. The van der Waals surface area contributed by atoms with Crippen LogP contribution in [0.15, 0.2) is 15.9 Å². The number of nitrogens with zero attached hydrogens (tertiary/aromatic N) is 1. The zero-order valence-corrected chi connectivity index (χ0v) is 13.0. The van der Waals surface area contributed by atoms with Crippen molar-refractivity contribution in [1.29, 1.82) is 0 Å². The maximum Gasteiger partial charge on any atom is 0.357 e. The number of carbonyl (C=O) groups excluding carboxylic acids is 1. The summed E-state index contributed by atoms with van der Waals surface area (Å²) in [6, 6.07) is 4.05. The van der Waals surface area contributed by atoms with E-state index >= 15 is 0 Å². The molecule has 2 aromatic heterocycles. The number of carbonyl (C=O) groups is 1. The van der Waals surface area contributed by atoms with Crippen LogP contribution in [0.2, 0.25) is 0 Å². The number of halogens is 1. The first kappa shape index (κ1) is 13.5. The second-order valence-corrected chi connectivity index (χ2v) is 7.23. The lowest BCUT2D eigenvalue weighted by molar-refractivity contribution is 0.0594. The molecule has 96 valence electrons. The highest BCUT2D eigenvalue weighted by Crippen LogP contribution is 2.26. The Bertz CT molecular complexity index is 565. The Morgan fingerprint density at radius 1 is 1.50 bits per heavy atom. The van der Waals surface area contributed by atoms with Crippen molar-refractivity contribution in [3.8, 4) is 0 Å². The standard InChI is InChI=1S/C11H11BrN2O2S2/c1-6-9(10(15)16-2)14-11(17-6)13-5-7-3-4-8(12)18-7/h3-4H,5H2,1-2H3,(H,13,14). The van der Waals surface area contributed by atoms with Crippen molar-refractivity contribution >= 4 is 49.7 Å². The highest BCUT2D eigenvalue weighted by molar-refractivity contribution is 9.11. The zero-order chi connectivity index (χ0) is 13.1. The monoisotopic (exact) mass is 346 g/mol. The van der Waals surface area contributed by atoms with E-state index in [0.29, 0.717) is 12.2 Å². The smallest absolute Gasteiger partial charge is 0.357 e. The van der Waals surface area contributed by atoms with Gasteiger partial charge in [-0.3, -0.25) is 0 Å². The summed E-state index contributed by atoms with van der Waals surface area (Å²) in [4.78, 5) is 17.7. The normalized spacial score (nSPS) is 10.4. The Balaban J connectivity index is 2.04. The number of anilines is 1. The van der Waals surface area contributed by atoms with E-state index in [1.165, 1.54) is 23.3 Å². The third-order valence-corrected chi connectivity index (χ3v) is 4.77. The van der Waals surface area contributed by atoms with Gasteiger partial charge < -0.3 is 10.1 Å². The summed E-state index contributed by atoms with van der Waals surface area (Å²) in [5.41, 5.74) is 0.386. The van der Waals surface area contributed by atoms with Gasteiger partial charge in [0.25, 0.3) is 0 Å². The van der Waals surface area contributed by atoms with Gasteiger partial charge in [0.15, 0.2) is 10.8 Å². The number of nitrogens with one attached hydrogen (secondary N) is 1. The van der Waals surface area contributed by atoms with E-state index in [1.54, 1.807) is 11.3 Å². The highest BCUT2D eigenvalue weighted by atomic mass is 79.9. The van der Waals surface area contributed by atoms with Crippen molar-refractivity contribution in [1.82, 2.24) is 4.98 Å². The summed E-state index contributed by atoms with van der Waals surface area (Å²) < 4.78 is 5.77. The van der Waals surface area contributed by atoms with Gasteiger partial charge in [-0.15, -0.1) is 22.7 Å². The number of hydrogen-bond donors (Lipinski definition) is 1. The number of aromatic nitrogens is 1. The molecule has 0 amide bonds. The van der Waals surface area contributed by atoms with Gasteiger partial charge in [-0.25, -0.2) is 9.78 Å². The van der Waals surface area contributed by atoms with Crippen LogP contribution in [-0.2, 0) is 11.3 Å². The summed E-state index contributed by atoms with van der Waals surface area (Å²) in [5, 5.41) is 3.94. The molecule has 0 bridgehead atoms. The fourth-order valence-electron chi connectivity index (χ4n) is 1.37. The molecular weight excluding hydrogens is 336 g/mol. The van der Waals surface area contributed by atoms with Crippen molar-refractivity contribution in [3.63, 3.8) is 0 Å². The average molecular weight is 347 g/mol. The summed E-state index contributed by atoms with van der Waals surface area (Å²) >= 11 is 6.54. The minimum Gasteiger partial charge on any atom is -0.464 e. The molecule has 18 heavy (non-hydrogen) atoms. The van der Waals surface area contributed by atoms with Gasteiger partial charge in [0.2, 0.25) is 0 Å². The quantitative estimate of drug-likeness (QED) is 0.858. The molecule has 0 saturated carbocycles. The Morgan fingerprint density at radius 3 is 2.89 bits per heavy atom. The van der Waals surface area contributed by atoms with E-state index in [-0.39, 0.29) is 0 Å². The predicted octanol–water partition coefficient (Wildman–Crippen LogP) is 3.67. The maximum atomic E-state index is 11.4. The van der Waals surface area contributed by atoms with Crippen molar-refractivity contribution < 1.29 is 9.53 Å². The lowest BCUT2D eigenvalue weighted by Gasteiger charge is -1.98. The molecule has 0 fully saturated rings. The van der Waals surface area contributed by atoms with Gasteiger partial charge in [-0.2, -0.15) is 0 Å². The van der Waals surface area contributed by atoms with E-state index in [4.69, 9.17) is 0 Å². The van der Waals surface area contributed by atoms with Crippen molar-refractivity contribution in [2.75, 3.05) is 12.4 Å². The SMILES string of the molecule is COC(=O)c1nc(NCc2ccc(Br)s2)sc1C. The molecule has 2 aromatic rings. The third kappa shape index (κ3) is 3.09. The summed E-state index contributed by atoms with van der Waals surface area (Å²) in [7, 11) is 1.36. The Kier molecular flexibility index (Phi) is 4.36. The zero-order valence-electron chi connectivity index (χ0n) is 9.82. The van der Waals surface area contributed by atoms with E-state index in [0.717, 1.165) is 13.8 Å². The van der Waals surface area contributed by atoms with Crippen LogP contribution in [0, 0.1) is 6.92 Å². The minimum atomic E-state index is -0.393. The Labute approximate surface area is 121 Å². The molecule has 0 aliphatic heterocycles. The van der Waals surface area contributed by atoms with Crippen LogP contribution >= 0.6 is 38.6 Å². The molecule has 0 aliphatic carbocycles. The van der Waals surface area contributed by atoms with Gasteiger partial charge in [0.05, 0.1) is 17.4 Å². The summed E-state index contributed by atoms with van der Waals surface area (Å²) in [6.07, 6.45) is 0. The fraction of sp³-hybridized carbons (Fsp3) is 0.273. The van der Waals surface area contributed by atoms with E-state index < -0.39 is 5.97 Å². The van der Waals surface area contributed by atoms with Gasteiger partial charge >= 0.3 is 5.97 Å². The van der Waals surface area contributed by atoms with E-state index in [2.05, 4.69) is 31.0 Å². The third-order valence-electron chi connectivity index (χ3n) is 2.22. The van der Waals surface area contributed by atoms with Gasteiger partial charge in [0, 0.05) is 9.75 Å². The van der Waals surface area contributed by atoms with Crippen LogP contribution in [0.5, 0.6) is 0 Å². The van der Waals surface area contributed by atoms with E-state index in [9.17, 15) is 4.79 Å². The van der Waals surface area contributed by atoms with Crippen molar-refractivity contribution in [2.24, 2.45) is 0 Å². The van der Waals surface area contributed by atoms with Gasteiger partial charge in [-0.05, 0) is 35.0 Å². The molecule has 0 radical (unpaired) electrons.